The van der Waals surface area contributed by atoms with Crippen molar-refractivity contribution in [3.63, 3.8) is 0 Å². The molecule has 2 N–H and O–H groups in total. The summed E-state index contributed by atoms with van der Waals surface area (Å²) in [6, 6.07) is 10.4. The highest BCUT2D eigenvalue weighted by Crippen LogP contribution is 2.23. The Hall–Kier alpha value is -2.41. The average molecular weight is 376 g/mol. The molecule has 3 rings (SSSR count). The maximum Gasteiger partial charge on any atom is 0.414 e. The van der Waals surface area contributed by atoms with Crippen molar-refractivity contribution in [1.29, 1.82) is 0 Å². The summed E-state index contributed by atoms with van der Waals surface area (Å²) >= 11 is 0. The van der Waals surface area contributed by atoms with Crippen molar-refractivity contribution in [2.75, 3.05) is 26.2 Å². The first-order valence-corrected chi connectivity index (χ1v) is 9.53. The van der Waals surface area contributed by atoms with Gasteiger partial charge in [-0.15, -0.1) is 0 Å². The molecule has 1 aliphatic carbocycles. The summed E-state index contributed by atoms with van der Waals surface area (Å²) in [5, 5.41) is 14.8. The van der Waals surface area contributed by atoms with Crippen molar-refractivity contribution in [2.45, 2.75) is 44.6 Å². The maximum atomic E-state index is 12.4. The number of carboxylic acids is 2. The lowest BCUT2D eigenvalue weighted by molar-refractivity contribution is -0.159. The van der Waals surface area contributed by atoms with Crippen molar-refractivity contribution >= 4 is 17.8 Å². The van der Waals surface area contributed by atoms with Crippen LogP contribution >= 0.6 is 0 Å². The molecule has 2 aliphatic rings. The number of rotatable bonds is 2. The topological polar surface area (TPSA) is 98.1 Å². The van der Waals surface area contributed by atoms with Crippen LogP contribution in [0.2, 0.25) is 0 Å². The molecule has 0 spiro atoms. The molecule has 0 bridgehead atoms. The van der Waals surface area contributed by atoms with E-state index in [1.54, 1.807) is 0 Å². The van der Waals surface area contributed by atoms with Crippen LogP contribution in [-0.4, -0.2) is 70.1 Å². The first kappa shape index (κ1) is 20.9. The highest BCUT2D eigenvalue weighted by atomic mass is 16.4. The molecule has 1 amide bonds. The third-order valence-corrected chi connectivity index (χ3v) is 5.15. The van der Waals surface area contributed by atoms with Crippen LogP contribution in [-0.2, 0) is 9.59 Å². The van der Waals surface area contributed by atoms with Crippen molar-refractivity contribution in [3.8, 4) is 0 Å². The van der Waals surface area contributed by atoms with E-state index in [9.17, 15) is 4.79 Å². The van der Waals surface area contributed by atoms with E-state index >= 15 is 0 Å². The highest BCUT2D eigenvalue weighted by molar-refractivity contribution is 6.27. The van der Waals surface area contributed by atoms with E-state index in [1.165, 1.54) is 38.5 Å². The van der Waals surface area contributed by atoms with Gasteiger partial charge in [0.2, 0.25) is 0 Å². The first-order valence-electron chi connectivity index (χ1n) is 9.53. The fourth-order valence-electron chi connectivity index (χ4n) is 3.68. The number of benzene rings is 1. The van der Waals surface area contributed by atoms with Crippen LogP contribution in [0.15, 0.2) is 30.3 Å². The predicted octanol–water partition coefficient (Wildman–Crippen LogP) is 2.32. The molecule has 1 aromatic carbocycles. The summed E-state index contributed by atoms with van der Waals surface area (Å²) in [4.78, 5) is 35.3. The van der Waals surface area contributed by atoms with Gasteiger partial charge in [-0.1, -0.05) is 43.9 Å². The minimum atomic E-state index is -1.82. The number of nitrogens with zero attached hydrogens (tertiary/aromatic N) is 2. The van der Waals surface area contributed by atoms with Crippen LogP contribution in [0, 0.1) is 0 Å². The van der Waals surface area contributed by atoms with E-state index in [-0.39, 0.29) is 5.91 Å². The lowest BCUT2D eigenvalue weighted by atomic mass is 10.1. The Labute approximate surface area is 159 Å². The normalized spacial score (nSPS) is 18.7. The lowest BCUT2D eigenvalue weighted by Crippen LogP contribution is -2.51. The van der Waals surface area contributed by atoms with Crippen LogP contribution in [0.4, 0.5) is 0 Å². The second-order valence-electron chi connectivity index (χ2n) is 6.95. The van der Waals surface area contributed by atoms with Crippen LogP contribution in [0.3, 0.4) is 0 Å². The van der Waals surface area contributed by atoms with Gasteiger partial charge >= 0.3 is 11.9 Å². The van der Waals surface area contributed by atoms with Gasteiger partial charge in [-0.05, 0) is 25.0 Å². The molecule has 1 heterocycles. The standard InChI is InChI=1S/C18H26N2O.C2H2O4/c21-18(16-8-4-3-5-9-16)20-14-12-19(13-15-20)17-10-6-1-2-7-11-17;3-1(4)2(5)6/h3-5,8-9,17H,1-2,6-7,10-15H2;(H,3,4)(H,5,6). The summed E-state index contributed by atoms with van der Waals surface area (Å²) in [6.07, 6.45) is 8.28. The molecule has 1 aromatic rings. The zero-order chi connectivity index (χ0) is 19.6. The molecule has 1 saturated carbocycles. The summed E-state index contributed by atoms with van der Waals surface area (Å²) in [5.41, 5.74) is 0.820. The monoisotopic (exact) mass is 376 g/mol. The molecular weight excluding hydrogens is 348 g/mol. The van der Waals surface area contributed by atoms with Gasteiger partial charge in [-0.3, -0.25) is 9.69 Å². The van der Waals surface area contributed by atoms with Crippen molar-refractivity contribution in [1.82, 2.24) is 9.80 Å². The number of aliphatic carboxylic acids is 2. The Morgan fingerprint density at radius 3 is 1.78 bits per heavy atom. The van der Waals surface area contributed by atoms with Gasteiger partial charge in [0, 0.05) is 37.8 Å². The molecule has 1 aliphatic heterocycles. The number of piperazine rings is 1. The third kappa shape index (κ3) is 6.67. The number of carbonyl (C=O) groups excluding carboxylic acids is 1. The third-order valence-electron chi connectivity index (χ3n) is 5.15. The molecule has 27 heavy (non-hydrogen) atoms. The summed E-state index contributed by atoms with van der Waals surface area (Å²) in [6.45, 7) is 3.85. The van der Waals surface area contributed by atoms with Crippen LogP contribution in [0.5, 0.6) is 0 Å². The number of hydrogen-bond acceptors (Lipinski definition) is 4. The van der Waals surface area contributed by atoms with E-state index < -0.39 is 11.9 Å². The predicted molar refractivity (Wildman–Crippen MR) is 101 cm³/mol. The average Bonchev–Trinajstić information content (AvgIpc) is 2.98. The van der Waals surface area contributed by atoms with Gasteiger partial charge in [0.05, 0.1) is 0 Å². The van der Waals surface area contributed by atoms with Crippen LogP contribution < -0.4 is 0 Å². The van der Waals surface area contributed by atoms with E-state index in [0.717, 1.165) is 37.8 Å². The number of hydrogen-bond donors (Lipinski definition) is 2. The second-order valence-corrected chi connectivity index (χ2v) is 6.95. The largest absolute Gasteiger partial charge is 0.473 e. The Balaban J connectivity index is 0.000000380. The van der Waals surface area contributed by atoms with Gasteiger partial charge in [0.15, 0.2) is 0 Å². The number of amides is 1. The molecule has 148 valence electrons. The molecule has 0 unspecified atom stereocenters. The van der Waals surface area contributed by atoms with Gasteiger partial charge in [-0.2, -0.15) is 0 Å². The molecule has 7 nitrogen and oxygen atoms in total. The van der Waals surface area contributed by atoms with Crippen molar-refractivity contribution < 1.29 is 24.6 Å². The molecule has 0 aromatic heterocycles. The maximum absolute atomic E-state index is 12.4. The van der Waals surface area contributed by atoms with Crippen LogP contribution in [0.1, 0.15) is 48.9 Å². The fourth-order valence-corrected chi connectivity index (χ4v) is 3.68. The molecule has 1 saturated heterocycles. The minimum Gasteiger partial charge on any atom is -0.473 e. The van der Waals surface area contributed by atoms with Crippen molar-refractivity contribution in [3.05, 3.63) is 35.9 Å². The number of carboxylic acid groups (broad SMARTS) is 2. The van der Waals surface area contributed by atoms with Crippen LogP contribution in [0.25, 0.3) is 0 Å². The van der Waals surface area contributed by atoms with Gasteiger partial charge in [0.1, 0.15) is 0 Å². The summed E-state index contributed by atoms with van der Waals surface area (Å²) < 4.78 is 0. The molecule has 2 fully saturated rings. The minimum absolute atomic E-state index is 0.191. The SMILES string of the molecule is O=C(O)C(=O)O.O=C(c1ccccc1)N1CCN(C2CCCCCC2)CC1. The lowest BCUT2D eigenvalue weighted by Gasteiger charge is -2.39. The molecular formula is C20H28N2O5. The second kappa shape index (κ2) is 10.7. The summed E-state index contributed by atoms with van der Waals surface area (Å²) in [5.74, 6) is -3.46. The molecule has 7 heteroatoms. The molecule has 0 atom stereocenters. The van der Waals surface area contributed by atoms with E-state index in [4.69, 9.17) is 19.8 Å². The molecule has 0 radical (unpaired) electrons. The fraction of sp³-hybridized carbons (Fsp3) is 0.550. The Bertz CT molecular complexity index is 607. The van der Waals surface area contributed by atoms with Gasteiger partial charge in [0.25, 0.3) is 5.91 Å². The van der Waals surface area contributed by atoms with E-state index in [1.807, 2.05) is 35.2 Å². The zero-order valence-electron chi connectivity index (χ0n) is 15.5. The summed E-state index contributed by atoms with van der Waals surface area (Å²) in [7, 11) is 0. The van der Waals surface area contributed by atoms with E-state index in [0.29, 0.717) is 0 Å². The Kier molecular flexibility index (Phi) is 8.26. The smallest absolute Gasteiger partial charge is 0.414 e. The van der Waals surface area contributed by atoms with E-state index in [2.05, 4.69) is 4.90 Å². The Morgan fingerprint density at radius 2 is 1.30 bits per heavy atom. The Morgan fingerprint density at radius 1 is 0.778 bits per heavy atom. The van der Waals surface area contributed by atoms with Gasteiger partial charge in [-0.25, -0.2) is 9.59 Å². The van der Waals surface area contributed by atoms with Crippen molar-refractivity contribution in [2.24, 2.45) is 0 Å². The van der Waals surface area contributed by atoms with Gasteiger partial charge < -0.3 is 15.1 Å². The quantitative estimate of drug-likeness (QED) is 0.607. The zero-order valence-corrected chi connectivity index (χ0v) is 15.5. The first-order chi connectivity index (χ1) is 13.0. The number of carbonyl (C=O) groups is 3. The highest BCUT2D eigenvalue weighted by Gasteiger charge is 2.26.